The van der Waals surface area contributed by atoms with E-state index in [1.165, 1.54) is 94.8 Å². The summed E-state index contributed by atoms with van der Waals surface area (Å²) >= 11 is 0. The van der Waals surface area contributed by atoms with Crippen LogP contribution in [-0.2, 0) is 0 Å². The van der Waals surface area contributed by atoms with Gasteiger partial charge in [-0.15, -0.1) is 0 Å². The van der Waals surface area contributed by atoms with Crippen LogP contribution < -0.4 is 26.2 Å². The first-order valence-electron chi connectivity index (χ1n) is 21.8. The Labute approximate surface area is 369 Å². The molecule has 0 atom stereocenters. The van der Waals surface area contributed by atoms with Gasteiger partial charge in [0.05, 0.1) is 5.69 Å². The summed E-state index contributed by atoms with van der Waals surface area (Å²) in [5, 5.41) is 0. The van der Waals surface area contributed by atoms with Crippen molar-refractivity contribution in [3.05, 3.63) is 249 Å². The number of hydrogen-bond donors (Lipinski definition) is 0. The van der Waals surface area contributed by atoms with E-state index in [0.717, 1.165) is 11.4 Å². The van der Waals surface area contributed by atoms with E-state index in [0.29, 0.717) is 0 Å². The lowest BCUT2D eigenvalue weighted by molar-refractivity contribution is 1.25. The molecule has 0 bridgehead atoms. The number of anilines is 6. The quantitative estimate of drug-likeness (QED) is 0.148. The molecule has 63 heavy (non-hydrogen) atoms. The highest BCUT2D eigenvalue weighted by Crippen LogP contribution is 2.49. The zero-order chi connectivity index (χ0) is 41.7. The molecule has 10 aromatic rings. The number of rotatable bonds is 7. The predicted octanol–water partition coefficient (Wildman–Crippen LogP) is 14.1. The fourth-order valence-corrected chi connectivity index (χ4v) is 9.92. The Bertz CT molecular complexity index is 3260. The standard InChI is InChI=1S/C60H41BN2/c1-6-18-42(19-7-1)46-30-34-51(35-31-46)62-56-37-33-48(43-20-8-2-9-21-43)38-54(56)61-53-36-32-49(44-22-10-3-11-23-44)39-57(53)63(55-29-17-16-28-52(55)47-26-14-5-15-27-47)59-41-50(40-58(62)60(59)61)45-24-12-4-13-25-45/h1-41H. The molecule has 0 unspecified atom stereocenters. The van der Waals surface area contributed by atoms with E-state index in [2.05, 4.69) is 259 Å². The molecule has 0 amide bonds. The van der Waals surface area contributed by atoms with Gasteiger partial charge in [-0.25, -0.2) is 0 Å². The monoisotopic (exact) mass is 800 g/mol. The smallest absolute Gasteiger partial charge is 0.252 e. The van der Waals surface area contributed by atoms with Gasteiger partial charge in [0, 0.05) is 34.0 Å². The van der Waals surface area contributed by atoms with E-state index in [-0.39, 0.29) is 6.71 Å². The summed E-state index contributed by atoms with van der Waals surface area (Å²) < 4.78 is 0. The molecule has 2 aliphatic heterocycles. The van der Waals surface area contributed by atoms with Gasteiger partial charge in [0.15, 0.2) is 0 Å². The van der Waals surface area contributed by atoms with Crippen molar-refractivity contribution in [1.29, 1.82) is 0 Å². The fourth-order valence-electron chi connectivity index (χ4n) is 9.92. The average Bonchev–Trinajstić information content (AvgIpc) is 3.37. The zero-order valence-corrected chi connectivity index (χ0v) is 34.6. The molecule has 0 radical (unpaired) electrons. The van der Waals surface area contributed by atoms with E-state index in [4.69, 9.17) is 0 Å². The molecule has 2 aliphatic rings. The van der Waals surface area contributed by atoms with Crippen molar-refractivity contribution in [2.45, 2.75) is 0 Å². The maximum atomic E-state index is 2.56. The topological polar surface area (TPSA) is 6.48 Å². The lowest BCUT2D eigenvalue weighted by Crippen LogP contribution is -2.61. The molecule has 0 aliphatic carbocycles. The third kappa shape index (κ3) is 6.37. The molecular weight excluding hydrogens is 759 g/mol. The highest BCUT2D eigenvalue weighted by atomic mass is 15.2. The molecule has 10 aromatic carbocycles. The van der Waals surface area contributed by atoms with Gasteiger partial charge in [0.25, 0.3) is 6.71 Å². The van der Waals surface area contributed by atoms with Gasteiger partial charge >= 0.3 is 0 Å². The zero-order valence-electron chi connectivity index (χ0n) is 34.6. The summed E-state index contributed by atoms with van der Waals surface area (Å²) in [7, 11) is 0. The van der Waals surface area contributed by atoms with E-state index >= 15 is 0 Å². The molecule has 2 nitrogen and oxygen atoms in total. The Hall–Kier alpha value is -8.14. The van der Waals surface area contributed by atoms with Gasteiger partial charge in [-0.05, 0) is 109 Å². The number of benzene rings is 10. The summed E-state index contributed by atoms with van der Waals surface area (Å²) in [5.74, 6) is 0. The molecular formula is C60H41BN2. The van der Waals surface area contributed by atoms with E-state index < -0.39 is 0 Å². The van der Waals surface area contributed by atoms with Gasteiger partial charge in [0.1, 0.15) is 0 Å². The van der Waals surface area contributed by atoms with Gasteiger partial charge < -0.3 is 9.80 Å². The number of para-hydroxylation sites is 1. The molecule has 294 valence electrons. The number of hydrogen-bond acceptors (Lipinski definition) is 2. The van der Waals surface area contributed by atoms with Gasteiger partial charge in [-0.2, -0.15) is 0 Å². The Morgan fingerprint density at radius 3 is 1.27 bits per heavy atom. The molecule has 12 rings (SSSR count). The fraction of sp³-hybridized carbons (Fsp3) is 0. The molecule has 0 aromatic heterocycles. The normalized spacial score (nSPS) is 12.3. The molecule has 0 spiro atoms. The maximum absolute atomic E-state index is 2.56. The van der Waals surface area contributed by atoms with Gasteiger partial charge in [0.2, 0.25) is 0 Å². The second-order valence-electron chi connectivity index (χ2n) is 16.5. The van der Waals surface area contributed by atoms with Crippen molar-refractivity contribution in [1.82, 2.24) is 0 Å². The largest absolute Gasteiger partial charge is 0.311 e. The minimum Gasteiger partial charge on any atom is -0.311 e. The van der Waals surface area contributed by atoms with Crippen LogP contribution in [-0.4, -0.2) is 6.71 Å². The van der Waals surface area contributed by atoms with Crippen molar-refractivity contribution in [3.8, 4) is 55.6 Å². The summed E-state index contributed by atoms with van der Waals surface area (Å²) in [5.41, 5.74) is 22.8. The van der Waals surface area contributed by atoms with Crippen LogP contribution in [0.2, 0.25) is 0 Å². The van der Waals surface area contributed by atoms with Crippen LogP contribution in [0.3, 0.4) is 0 Å². The number of nitrogens with zero attached hydrogens (tertiary/aromatic N) is 2. The first-order valence-corrected chi connectivity index (χ1v) is 21.8. The van der Waals surface area contributed by atoms with Crippen LogP contribution >= 0.6 is 0 Å². The minimum atomic E-state index is -0.0433. The molecule has 3 heteroatoms. The molecule has 2 heterocycles. The second kappa shape index (κ2) is 15.4. The van der Waals surface area contributed by atoms with Gasteiger partial charge in [-0.3, -0.25) is 0 Å². The Morgan fingerprint density at radius 1 is 0.238 bits per heavy atom. The summed E-state index contributed by atoms with van der Waals surface area (Å²) in [6.45, 7) is -0.0433. The molecule has 0 saturated heterocycles. The molecule has 0 saturated carbocycles. The minimum absolute atomic E-state index is 0.0433. The Morgan fingerprint density at radius 2 is 0.667 bits per heavy atom. The average molecular weight is 801 g/mol. The van der Waals surface area contributed by atoms with Crippen molar-refractivity contribution >= 4 is 57.2 Å². The Kier molecular flexibility index (Phi) is 8.97. The predicted molar refractivity (Wildman–Crippen MR) is 268 cm³/mol. The highest BCUT2D eigenvalue weighted by Gasteiger charge is 2.44. The molecule has 0 fully saturated rings. The summed E-state index contributed by atoms with van der Waals surface area (Å²) in [4.78, 5) is 5.08. The Balaban J connectivity index is 1.18. The first kappa shape index (κ1) is 36.7. The van der Waals surface area contributed by atoms with Crippen LogP contribution in [0.4, 0.5) is 34.1 Å². The maximum Gasteiger partial charge on any atom is 0.252 e. The summed E-state index contributed by atoms with van der Waals surface area (Å²) in [6, 6.07) is 91.2. The van der Waals surface area contributed by atoms with E-state index in [1.54, 1.807) is 0 Å². The number of fused-ring (bicyclic) bond motifs is 4. The van der Waals surface area contributed by atoms with E-state index in [1.807, 2.05) is 0 Å². The second-order valence-corrected chi connectivity index (χ2v) is 16.5. The van der Waals surface area contributed by atoms with Crippen LogP contribution in [0, 0.1) is 0 Å². The van der Waals surface area contributed by atoms with Crippen LogP contribution in [0.5, 0.6) is 0 Å². The third-order valence-corrected chi connectivity index (χ3v) is 12.9. The third-order valence-electron chi connectivity index (χ3n) is 12.9. The van der Waals surface area contributed by atoms with Crippen molar-refractivity contribution in [2.24, 2.45) is 0 Å². The van der Waals surface area contributed by atoms with Gasteiger partial charge in [-0.1, -0.05) is 206 Å². The van der Waals surface area contributed by atoms with Crippen LogP contribution in [0.1, 0.15) is 0 Å². The van der Waals surface area contributed by atoms with E-state index in [9.17, 15) is 0 Å². The van der Waals surface area contributed by atoms with Crippen LogP contribution in [0.25, 0.3) is 55.6 Å². The first-order chi connectivity index (χ1) is 31.3. The summed E-state index contributed by atoms with van der Waals surface area (Å²) in [6.07, 6.45) is 0. The van der Waals surface area contributed by atoms with Crippen molar-refractivity contribution in [3.63, 3.8) is 0 Å². The van der Waals surface area contributed by atoms with Crippen LogP contribution in [0.15, 0.2) is 249 Å². The lowest BCUT2D eigenvalue weighted by atomic mass is 9.33. The van der Waals surface area contributed by atoms with Crippen molar-refractivity contribution in [2.75, 3.05) is 9.80 Å². The highest BCUT2D eigenvalue weighted by molar-refractivity contribution is 7.00. The molecule has 0 N–H and O–H groups in total. The lowest BCUT2D eigenvalue weighted by Gasteiger charge is -2.45. The van der Waals surface area contributed by atoms with Crippen molar-refractivity contribution < 1.29 is 0 Å². The SMILES string of the molecule is c1ccc(-c2ccc(N3c4ccc(-c5ccccc5)cc4B4c5ccc(-c6ccccc6)cc5N(c5ccccc5-c5ccccc5)c5cc(-c6ccccc6)cc3c54)cc2)cc1.